The predicted molar refractivity (Wildman–Crippen MR) is 86.5 cm³/mol. The zero-order valence-electron chi connectivity index (χ0n) is 12.3. The van der Waals surface area contributed by atoms with Crippen molar-refractivity contribution in [2.75, 3.05) is 18.8 Å². The lowest BCUT2D eigenvalue weighted by Gasteiger charge is -2.21. The number of nitrogens with one attached hydrogen (secondary N) is 1. The first-order chi connectivity index (χ1) is 9.58. The van der Waals surface area contributed by atoms with E-state index in [9.17, 15) is 8.42 Å². The molecule has 0 radical (unpaired) electrons. The van der Waals surface area contributed by atoms with E-state index in [0.29, 0.717) is 23.1 Å². The Labute approximate surface area is 127 Å². The fourth-order valence-corrected chi connectivity index (χ4v) is 4.18. The molecule has 2 N–H and O–H groups in total. The number of unbranched alkanes of at least 4 members (excludes halogenated alkanes) is 3. The Balaban J connectivity index is 1.78. The largest absolute Gasteiger partial charge is 0.319 e. The summed E-state index contributed by atoms with van der Waals surface area (Å²) in [5, 5.41) is 3.20. The second-order valence-electron chi connectivity index (χ2n) is 5.71. The van der Waals surface area contributed by atoms with E-state index in [-0.39, 0.29) is 0 Å². The van der Waals surface area contributed by atoms with Gasteiger partial charge in [0.25, 0.3) is 0 Å². The monoisotopic (exact) mass is 323 g/mol. The minimum Gasteiger partial charge on any atom is -0.316 e. The molecule has 0 spiro atoms. The average molecular weight is 324 g/mol. The molecule has 0 bridgehead atoms. The van der Waals surface area contributed by atoms with Crippen LogP contribution in [0, 0.1) is 5.92 Å². The van der Waals surface area contributed by atoms with Crippen molar-refractivity contribution in [2.24, 2.45) is 5.92 Å². The molecule has 1 saturated carbocycles. The van der Waals surface area contributed by atoms with Crippen molar-refractivity contribution in [1.82, 2.24) is 5.32 Å². The second-order valence-corrected chi connectivity index (χ2v) is 9.18. The standard InChI is InChI=1S/C14H29NO3S2/c16-20(17,18)19-13-12-15-11-7-2-1-4-8-14-9-5-3-6-10-14/h14-15H,1-13H2,(H,16,17,18). The fourth-order valence-electron chi connectivity index (χ4n) is 2.86. The highest BCUT2D eigenvalue weighted by Gasteiger charge is 2.12. The Morgan fingerprint density at radius 2 is 1.70 bits per heavy atom. The van der Waals surface area contributed by atoms with Crippen LogP contribution < -0.4 is 5.32 Å². The van der Waals surface area contributed by atoms with Crippen molar-refractivity contribution >= 4 is 19.9 Å². The summed E-state index contributed by atoms with van der Waals surface area (Å²) >= 11 is 0. The van der Waals surface area contributed by atoms with E-state index >= 15 is 0 Å². The van der Waals surface area contributed by atoms with Crippen molar-refractivity contribution in [1.29, 1.82) is 0 Å². The van der Waals surface area contributed by atoms with Crippen LogP contribution in [0.25, 0.3) is 0 Å². The quantitative estimate of drug-likeness (QED) is 0.345. The third kappa shape index (κ3) is 10.9. The number of hydrogen-bond acceptors (Lipinski definition) is 4. The molecular formula is C14H29NO3S2. The number of rotatable bonds is 11. The Kier molecular flexibility index (Phi) is 9.94. The molecule has 20 heavy (non-hydrogen) atoms. The van der Waals surface area contributed by atoms with Gasteiger partial charge in [0.15, 0.2) is 0 Å². The van der Waals surface area contributed by atoms with E-state index in [1.807, 2.05) is 0 Å². The Morgan fingerprint density at radius 3 is 2.40 bits per heavy atom. The van der Waals surface area contributed by atoms with Crippen LogP contribution >= 0.6 is 10.8 Å². The molecule has 1 rings (SSSR count). The van der Waals surface area contributed by atoms with Crippen LogP contribution in [0.1, 0.15) is 64.2 Å². The van der Waals surface area contributed by atoms with Gasteiger partial charge in [-0.1, -0.05) is 57.8 Å². The topological polar surface area (TPSA) is 66.4 Å². The summed E-state index contributed by atoms with van der Waals surface area (Å²) in [6.07, 6.45) is 13.7. The summed E-state index contributed by atoms with van der Waals surface area (Å²) in [5.74, 6) is 1.40. The first kappa shape index (κ1) is 18.3. The highest BCUT2D eigenvalue weighted by Crippen LogP contribution is 2.27. The smallest absolute Gasteiger partial charge is 0.316 e. The van der Waals surface area contributed by atoms with Crippen LogP contribution in [0.5, 0.6) is 0 Å². The molecule has 0 heterocycles. The molecule has 0 saturated heterocycles. The normalized spacial score (nSPS) is 17.4. The van der Waals surface area contributed by atoms with E-state index < -0.39 is 9.15 Å². The zero-order valence-corrected chi connectivity index (χ0v) is 14.0. The van der Waals surface area contributed by atoms with Gasteiger partial charge in [-0.3, -0.25) is 4.55 Å². The first-order valence-corrected chi connectivity index (χ1v) is 10.8. The Morgan fingerprint density at radius 1 is 1.00 bits per heavy atom. The van der Waals surface area contributed by atoms with Crippen molar-refractivity contribution in [3.8, 4) is 0 Å². The van der Waals surface area contributed by atoms with Gasteiger partial charge < -0.3 is 5.32 Å². The molecular weight excluding hydrogens is 294 g/mol. The number of hydrogen-bond donors (Lipinski definition) is 2. The maximum absolute atomic E-state index is 10.5. The summed E-state index contributed by atoms with van der Waals surface area (Å²) in [5.41, 5.74) is 0. The minimum atomic E-state index is -3.86. The van der Waals surface area contributed by atoms with Crippen LogP contribution in [-0.4, -0.2) is 31.8 Å². The van der Waals surface area contributed by atoms with Gasteiger partial charge in [0.2, 0.25) is 0 Å². The van der Waals surface area contributed by atoms with Gasteiger partial charge in [0, 0.05) is 12.3 Å². The van der Waals surface area contributed by atoms with Gasteiger partial charge in [-0.15, -0.1) is 0 Å². The molecule has 0 unspecified atom stereocenters. The Bertz CT molecular complexity index is 327. The third-order valence-corrected chi connectivity index (χ3v) is 6.01. The zero-order chi connectivity index (χ0) is 14.7. The van der Waals surface area contributed by atoms with Gasteiger partial charge in [-0.2, -0.15) is 8.42 Å². The van der Waals surface area contributed by atoms with Crippen molar-refractivity contribution < 1.29 is 13.0 Å². The van der Waals surface area contributed by atoms with Crippen molar-refractivity contribution in [3.63, 3.8) is 0 Å². The van der Waals surface area contributed by atoms with Crippen LogP contribution in [0.15, 0.2) is 0 Å². The summed E-state index contributed by atoms with van der Waals surface area (Å²) in [6.45, 7) is 1.57. The summed E-state index contributed by atoms with van der Waals surface area (Å²) in [6, 6.07) is 0. The first-order valence-electron chi connectivity index (χ1n) is 7.90. The van der Waals surface area contributed by atoms with Crippen LogP contribution in [-0.2, 0) is 9.15 Å². The van der Waals surface area contributed by atoms with E-state index in [2.05, 4.69) is 5.32 Å². The molecule has 0 aliphatic heterocycles. The summed E-state index contributed by atoms with van der Waals surface area (Å²) in [7, 11) is -3.28. The van der Waals surface area contributed by atoms with Gasteiger partial charge in [0.1, 0.15) is 0 Å². The summed E-state index contributed by atoms with van der Waals surface area (Å²) in [4.78, 5) is 0. The van der Waals surface area contributed by atoms with Gasteiger partial charge in [-0.25, -0.2) is 0 Å². The molecule has 0 atom stereocenters. The maximum atomic E-state index is 10.5. The van der Waals surface area contributed by atoms with Gasteiger partial charge in [0.05, 0.1) is 0 Å². The maximum Gasteiger partial charge on any atom is 0.319 e. The highest BCUT2D eigenvalue weighted by molar-refractivity contribution is 8.69. The molecule has 120 valence electrons. The van der Waals surface area contributed by atoms with E-state index in [0.717, 1.165) is 18.9 Å². The SMILES string of the molecule is O=S(=O)(O)SCCNCCCCCCC1CCCCC1. The lowest BCUT2D eigenvalue weighted by molar-refractivity contribution is 0.328. The second kappa shape index (κ2) is 10.9. The molecule has 1 fully saturated rings. The molecule has 0 aromatic heterocycles. The lowest BCUT2D eigenvalue weighted by atomic mass is 9.85. The van der Waals surface area contributed by atoms with Crippen molar-refractivity contribution in [3.05, 3.63) is 0 Å². The highest BCUT2D eigenvalue weighted by atomic mass is 33.1. The fraction of sp³-hybridized carbons (Fsp3) is 1.00. The molecule has 0 aromatic carbocycles. The van der Waals surface area contributed by atoms with Crippen LogP contribution in [0.2, 0.25) is 0 Å². The predicted octanol–water partition coefficient (Wildman–Crippen LogP) is 3.64. The molecule has 4 nitrogen and oxygen atoms in total. The van der Waals surface area contributed by atoms with Gasteiger partial charge in [-0.05, 0) is 29.7 Å². The Hall–Kier alpha value is 0.220. The summed E-state index contributed by atoms with van der Waals surface area (Å²) < 4.78 is 29.5. The molecule has 6 heteroatoms. The molecule has 0 amide bonds. The third-order valence-electron chi connectivity index (χ3n) is 3.95. The van der Waals surface area contributed by atoms with Crippen molar-refractivity contribution in [2.45, 2.75) is 64.2 Å². The van der Waals surface area contributed by atoms with E-state index in [4.69, 9.17) is 4.55 Å². The average Bonchev–Trinajstić information content (AvgIpc) is 2.41. The molecule has 1 aliphatic rings. The molecule has 0 aromatic rings. The molecule has 1 aliphatic carbocycles. The van der Waals surface area contributed by atoms with Crippen LogP contribution in [0.3, 0.4) is 0 Å². The minimum absolute atomic E-state index is 0.403. The van der Waals surface area contributed by atoms with Gasteiger partial charge >= 0.3 is 9.15 Å². The van der Waals surface area contributed by atoms with E-state index in [1.54, 1.807) is 0 Å². The van der Waals surface area contributed by atoms with E-state index in [1.165, 1.54) is 57.8 Å². The lowest BCUT2D eigenvalue weighted by Crippen LogP contribution is -2.19. The van der Waals surface area contributed by atoms with Crippen LogP contribution in [0.4, 0.5) is 0 Å².